The van der Waals surface area contributed by atoms with E-state index in [1.807, 2.05) is 18.5 Å². The number of aromatic nitrogens is 2. The van der Waals surface area contributed by atoms with Gasteiger partial charge >= 0.3 is 0 Å². The van der Waals surface area contributed by atoms with Gasteiger partial charge < -0.3 is 4.90 Å². The van der Waals surface area contributed by atoms with Crippen molar-refractivity contribution in [1.29, 1.82) is 0 Å². The molecule has 4 rings (SSSR count). The molecule has 1 saturated heterocycles. The van der Waals surface area contributed by atoms with Crippen LogP contribution in [0.15, 0.2) is 48.8 Å². The van der Waals surface area contributed by atoms with E-state index in [2.05, 4.69) is 52.0 Å². The number of hydrogen-bond donors (Lipinski definition) is 0. The zero-order valence-corrected chi connectivity index (χ0v) is 14.0. The Morgan fingerprint density at radius 2 is 1.87 bits per heavy atom. The first-order valence-corrected chi connectivity index (χ1v) is 8.87. The Morgan fingerprint density at radius 1 is 1.04 bits per heavy atom. The average molecular weight is 324 g/mol. The maximum atomic E-state index is 4.78. The van der Waals surface area contributed by atoms with E-state index in [9.17, 15) is 0 Å². The maximum Gasteiger partial charge on any atom is 0.186 e. The fraction of sp³-hybridized carbons (Fsp3) is 0.333. The molecule has 5 heteroatoms. The van der Waals surface area contributed by atoms with Gasteiger partial charge in [-0.1, -0.05) is 29.5 Å². The van der Waals surface area contributed by atoms with Gasteiger partial charge in [0.25, 0.3) is 0 Å². The molecule has 0 aliphatic carbocycles. The molecule has 0 saturated carbocycles. The topological polar surface area (TPSA) is 32.3 Å². The molecule has 118 valence electrons. The number of benzene rings is 1. The summed E-state index contributed by atoms with van der Waals surface area (Å²) in [5, 5.41) is 1.15. The molecule has 1 fully saturated rings. The summed E-state index contributed by atoms with van der Waals surface area (Å²) in [4.78, 5) is 14.0. The lowest BCUT2D eigenvalue weighted by Crippen LogP contribution is -2.47. The van der Waals surface area contributed by atoms with Crippen molar-refractivity contribution in [2.75, 3.05) is 31.1 Å². The molecule has 1 aliphatic heterocycles. The lowest BCUT2D eigenvalue weighted by atomic mass is 10.1. The van der Waals surface area contributed by atoms with Crippen LogP contribution >= 0.6 is 11.3 Å². The molecule has 0 amide bonds. The summed E-state index contributed by atoms with van der Waals surface area (Å²) in [7, 11) is 0. The van der Waals surface area contributed by atoms with Crippen molar-refractivity contribution in [3.05, 3.63) is 54.4 Å². The van der Waals surface area contributed by atoms with Crippen molar-refractivity contribution in [3.63, 3.8) is 0 Å². The second-order valence-corrected chi connectivity index (χ2v) is 6.96. The highest BCUT2D eigenvalue weighted by Gasteiger charge is 2.23. The van der Waals surface area contributed by atoms with Crippen molar-refractivity contribution in [2.24, 2.45) is 0 Å². The molecular formula is C18H20N4S. The molecule has 2 aromatic heterocycles. The minimum atomic E-state index is 0.418. The molecule has 1 aliphatic rings. The highest BCUT2D eigenvalue weighted by molar-refractivity contribution is 7.22. The van der Waals surface area contributed by atoms with Crippen molar-refractivity contribution in [3.8, 4) is 0 Å². The minimum Gasteiger partial charge on any atom is -0.345 e. The molecule has 0 radical (unpaired) electrons. The first kappa shape index (κ1) is 14.6. The predicted octanol–water partition coefficient (Wildman–Crippen LogP) is 3.57. The van der Waals surface area contributed by atoms with E-state index < -0.39 is 0 Å². The third-order valence-corrected chi connectivity index (χ3v) is 5.68. The van der Waals surface area contributed by atoms with Gasteiger partial charge in [-0.3, -0.25) is 9.88 Å². The number of piperazine rings is 1. The van der Waals surface area contributed by atoms with Gasteiger partial charge in [-0.25, -0.2) is 4.98 Å². The van der Waals surface area contributed by atoms with Crippen molar-refractivity contribution in [2.45, 2.75) is 13.0 Å². The van der Waals surface area contributed by atoms with Crippen molar-refractivity contribution in [1.82, 2.24) is 14.9 Å². The molecular weight excluding hydrogens is 304 g/mol. The second kappa shape index (κ2) is 6.26. The van der Waals surface area contributed by atoms with Crippen LogP contribution in [0.2, 0.25) is 0 Å². The molecule has 3 aromatic rings. The van der Waals surface area contributed by atoms with Crippen LogP contribution in [-0.2, 0) is 0 Å². The lowest BCUT2D eigenvalue weighted by molar-refractivity contribution is 0.198. The Bertz CT molecular complexity index is 745. The lowest BCUT2D eigenvalue weighted by Gasteiger charge is -2.38. The molecule has 1 aromatic carbocycles. The van der Waals surface area contributed by atoms with Crippen LogP contribution in [0.1, 0.15) is 18.5 Å². The molecule has 0 bridgehead atoms. The molecule has 0 N–H and O–H groups in total. The summed E-state index contributed by atoms with van der Waals surface area (Å²) in [6.45, 7) is 6.46. The van der Waals surface area contributed by atoms with E-state index in [0.717, 1.165) is 36.8 Å². The Morgan fingerprint density at radius 3 is 2.61 bits per heavy atom. The standard InChI is InChI=1S/C18H20N4S/c1-14(15-5-4-8-19-13-15)21-9-11-22(12-10-21)18-20-16-6-2-3-7-17(16)23-18/h2-8,13-14H,9-12H2,1H3. The molecule has 1 atom stereocenters. The molecule has 0 spiro atoms. The first-order chi connectivity index (χ1) is 11.3. The summed E-state index contributed by atoms with van der Waals surface area (Å²) in [6, 6.07) is 13.0. The highest BCUT2D eigenvalue weighted by atomic mass is 32.1. The van der Waals surface area contributed by atoms with Crippen LogP contribution in [0.3, 0.4) is 0 Å². The van der Waals surface area contributed by atoms with E-state index in [4.69, 9.17) is 4.98 Å². The number of hydrogen-bond acceptors (Lipinski definition) is 5. The Hall–Kier alpha value is -1.98. The highest BCUT2D eigenvalue weighted by Crippen LogP contribution is 2.30. The number of anilines is 1. The van der Waals surface area contributed by atoms with Gasteiger partial charge in [0.2, 0.25) is 0 Å². The summed E-state index contributed by atoms with van der Waals surface area (Å²) in [6.07, 6.45) is 3.81. The van der Waals surface area contributed by atoms with Crippen LogP contribution in [0, 0.1) is 0 Å². The fourth-order valence-electron chi connectivity index (χ4n) is 3.13. The normalized spacial score (nSPS) is 17.5. The number of rotatable bonds is 3. The number of para-hydroxylation sites is 1. The summed E-state index contributed by atoms with van der Waals surface area (Å²) >= 11 is 1.80. The van der Waals surface area contributed by atoms with Crippen LogP contribution in [0.4, 0.5) is 5.13 Å². The zero-order valence-electron chi connectivity index (χ0n) is 13.2. The zero-order chi connectivity index (χ0) is 15.6. The van der Waals surface area contributed by atoms with Gasteiger partial charge in [0.05, 0.1) is 10.2 Å². The van der Waals surface area contributed by atoms with E-state index in [1.165, 1.54) is 10.3 Å². The summed E-state index contributed by atoms with van der Waals surface area (Å²) < 4.78 is 1.27. The van der Waals surface area contributed by atoms with Gasteiger partial charge in [-0.05, 0) is 30.7 Å². The summed E-state index contributed by atoms with van der Waals surface area (Å²) in [5.74, 6) is 0. The number of nitrogens with zero attached hydrogens (tertiary/aromatic N) is 4. The number of thiazole rings is 1. The average Bonchev–Trinajstić information content (AvgIpc) is 3.06. The molecule has 23 heavy (non-hydrogen) atoms. The Kier molecular flexibility index (Phi) is 3.97. The van der Waals surface area contributed by atoms with Crippen LogP contribution < -0.4 is 4.90 Å². The van der Waals surface area contributed by atoms with Crippen molar-refractivity contribution >= 4 is 26.7 Å². The fourth-order valence-corrected chi connectivity index (χ4v) is 4.15. The molecule has 3 heterocycles. The van der Waals surface area contributed by atoms with Gasteiger partial charge in [0, 0.05) is 44.6 Å². The van der Waals surface area contributed by atoms with Crippen molar-refractivity contribution < 1.29 is 0 Å². The largest absolute Gasteiger partial charge is 0.345 e. The summed E-state index contributed by atoms with van der Waals surface area (Å²) in [5.41, 5.74) is 2.40. The Balaban J connectivity index is 1.44. The molecule has 4 nitrogen and oxygen atoms in total. The minimum absolute atomic E-state index is 0.418. The van der Waals surface area contributed by atoms with E-state index in [-0.39, 0.29) is 0 Å². The third-order valence-electron chi connectivity index (χ3n) is 4.58. The van der Waals surface area contributed by atoms with E-state index in [1.54, 1.807) is 11.3 Å². The SMILES string of the molecule is CC(c1cccnc1)N1CCN(c2nc3ccccc3s2)CC1. The smallest absolute Gasteiger partial charge is 0.186 e. The van der Waals surface area contributed by atoms with Gasteiger partial charge in [-0.2, -0.15) is 0 Å². The quantitative estimate of drug-likeness (QED) is 0.737. The molecule has 1 unspecified atom stereocenters. The van der Waals surface area contributed by atoms with Crippen LogP contribution in [-0.4, -0.2) is 41.0 Å². The van der Waals surface area contributed by atoms with E-state index >= 15 is 0 Å². The van der Waals surface area contributed by atoms with E-state index in [0.29, 0.717) is 6.04 Å². The predicted molar refractivity (Wildman–Crippen MR) is 96.1 cm³/mol. The second-order valence-electron chi connectivity index (χ2n) is 5.95. The monoisotopic (exact) mass is 324 g/mol. The third kappa shape index (κ3) is 2.94. The number of fused-ring (bicyclic) bond motifs is 1. The first-order valence-electron chi connectivity index (χ1n) is 8.06. The van der Waals surface area contributed by atoms with Gasteiger partial charge in [0.15, 0.2) is 5.13 Å². The number of pyridine rings is 1. The van der Waals surface area contributed by atoms with Gasteiger partial charge in [-0.15, -0.1) is 0 Å². The Labute approximate surface area is 140 Å². The maximum absolute atomic E-state index is 4.78. The van der Waals surface area contributed by atoms with Crippen LogP contribution in [0.25, 0.3) is 10.2 Å². The van der Waals surface area contributed by atoms with Gasteiger partial charge in [0.1, 0.15) is 0 Å². The van der Waals surface area contributed by atoms with Crippen LogP contribution in [0.5, 0.6) is 0 Å².